The minimum Gasteiger partial charge on any atom is -0.304 e. The number of nitrogens with one attached hydrogen (secondary N) is 1. The summed E-state index contributed by atoms with van der Waals surface area (Å²) in [6.45, 7) is 4.42. The summed E-state index contributed by atoms with van der Waals surface area (Å²) in [5, 5.41) is 3.48. The predicted molar refractivity (Wildman–Crippen MR) is 53.7 cm³/mol. The summed E-state index contributed by atoms with van der Waals surface area (Å²) in [6.07, 6.45) is 0. The molecule has 1 nitrogen and oxygen atoms in total. The van der Waals surface area contributed by atoms with Crippen LogP contribution in [0.3, 0.4) is 0 Å². The second-order valence-electron chi connectivity index (χ2n) is 3.24. The van der Waals surface area contributed by atoms with E-state index >= 15 is 0 Å². The number of hydrogen-bond acceptors (Lipinski definition) is 1. The molecule has 0 amide bonds. The minimum atomic E-state index is 0. The third kappa shape index (κ3) is 1.35. The molecule has 1 N–H and O–H groups in total. The van der Waals surface area contributed by atoms with Crippen molar-refractivity contribution in [3.05, 3.63) is 35.4 Å². The van der Waals surface area contributed by atoms with Crippen LogP contribution in [0.15, 0.2) is 24.3 Å². The van der Waals surface area contributed by atoms with E-state index in [1.165, 1.54) is 11.1 Å². The fourth-order valence-electron chi connectivity index (χ4n) is 1.85. The molecular formula is C10H14ClN. The van der Waals surface area contributed by atoms with E-state index < -0.39 is 0 Å². The molecule has 1 aromatic rings. The van der Waals surface area contributed by atoms with Crippen molar-refractivity contribution in [3.8, 4) is 0 Å². The number of fused-ring (bicyclic) bond motifs is 1. The number of halogens is 1. The Bertz CT molecular complexity index is 245. The Hall–Kier alpha value is -0.530. The summed E-state index contributed by atoms with van der Waals surface area (Å²) < 4.78 is 0. The molecule has 12 heavy (non-hydrogen) atoms. The van der Waals surface area contributed by atoms with Gasteiger partial charge in [-0.05, 0) is 25.0 Å². The summed E-state index contributed by atoms with van der Waals surface area (Å²) in [6, 6.07) is 9.68. The predicted octanol–water partition coefficient (Wildman–Crippen LogP) is 2.83. The van der Waals surface area contributed by atoms with Crippen LogP contribution in [0.5, 0.6) is 0 Å². The Morgan fingerprint density at radius 1 is 1.00 bits per heavy atom. The molecule has 0 aliphatic carbocycles. The third-order valence-corrected chi connectivity index (χ3v) is 2.43. The van der Waals surface area contributed by atoms with Gasteiger partial charge in [0, 0.05) is 12.1 Å². The summed E-state index contributed by atoms with van der Waals surface area (Å²) in [5.74, 6) is 0. The fraction of sp³-hybridized carbons (Fsp3) is 0.400. The van der Waals surface area contributed by atoms with Crippen LogP contribution < -0.4 is 5.32 Å². The molecule has 0 spiro atoms. The second kappa shape index (κ2) is 3.46. The quantitative estimate of drug-likeness (QED) is 0.653. The molecule has 66 valence electrons. The van der Waals surface area contributed by atoms with Crippen molar-refractivity contribution in [1.82, 2.24) is 5.32 Å². The average molecular weight is 184 g/mol. The van der Waals surface area contributed by atoms with E-state index in [1.807, 2.05) is 0 Å². The zero-order valence-electron chi connectivity index (χ0n) is 7.37. The van der Waals surface area contributed by atoms with Crippen LogP contribution >= 0.6 is 12.4 Å². The molecule has 0 saturated carbocycles. The monoisotopic (exact) mass is 183 g/mol. The molecule has 2 heteroatoms. The highest BCUT2D eigenvalue weighted by molar-refractivity contribution is 5.85. The molecule has 2 atom stereocenters. The van der Waals surface area contributed by atoms with Gasteiger partial charge in [-0.2, -0.15) is 0 Å². The van der Waals surface area contributed by atoms with Gasteiger partial charge >= 0.3 is 0 Å². The van der Waals surface area contributed by atoms with Gasteiger partial charge in [0.1, 0.15) is 0 Å². The van der Waals surface area contributed by atoms with Gasteiger partial charge in [-0.3, -0.25) is 0 Å². The molecule has 0 bridgehead atoms. The van der Waals surface area contributed by atoms with Gasteiger partial charge in [0.2, 0.25) is 0 Å². The second-order valence-corrected chi connectivity index (χ2v) is 3.24. The average Bonchev–Trinajstić information content (AvgIpc) is 2.30. The number of benzene rings is 1. The van der Waals surface area contributed by atoms with Crippen LogP contribution in [0.2, 0.25) is 0 Å². The molecule has 1 aromatic carbocycles. The molecule has 0 radical (unpaired) electrons. The lowest BCUT2D eigenvalue weighted by molar-refractivity contribution is 0.553. The molecule has 2 rings (SSSR count). The molecule has 1 heterocycles. The van der Waals surface area contributed by atoms with E-state index in [0.29, 0.717) is 12.1 Å². The normalized spacial score (nSPS) is 26.2. The van der Waals surface area contributed by atoms with Crippen molar-refractivity contribution < 1.29 is 0 Å². The molecule has 0 aromatic heterocycles. The van der Waals surface area contributed by atoms with E-state index in [1.54, 1.807) is 0 Å². The zero-order chi connectivity index (χ0) is 7.84. The van der Waals surface area contributed by atoms with Crippen molar-refractivity contribution >= 4 is 12.4 Å². The van der Waals surface area contributed by atoms with Gasteiger partial charge < -0.3 is 5.32 Å². The van der Waals surface area contributed by atoms with Crippen LogP contribution in [0.1, 0.15) is 37.1 Å². The molecule has 0 fully saturated rings. The van der Waals surface area contributed by atoms with E-state index in [-0.39, 0.29) is 12.4 Å². The SMILES string of the molecule is C[C@@H]1N[C@@H](C)c2ccccc21.Cl. The summed E-state index contributed by atoms with van der Waals surface area (Å²) in [4.78, 5) is 0. The van der Waals surface area contributed by atoms with Crippen molar-refractivity contribution in [1.29, 1.82) is 0 Å². The van der Waals surface area contributed by atoms with Gasteiger partial charge in [0.05, 0.1) is 0 Å². The summed E-state index contributed by atoms with van der Waals surface area (Å²) >= 11 is 0. The first-order valence-electron chi connectivity index (χ1n) is 4.14. The van der Waals surface area contributed by atoms with E-state index in [4.69, 9.17) is 0 Å². The maximum Gasteiger partial charge on any atom is 0.0300 e. The topological polar surface area (TPSA) is 12.0 Å². The van der Waals surface area contributed by atoms with Gasteiger partial charge in [0.25, 0.3) is 0 Å². The third-order valence-electron chi connectivity index (χ3n) is 2.43. The molecule has 0 unspecified atom stereocenters. The van der Waals surface area contributed by atoms with Crippen LogP contribution in [0.4, 0.5) is 0 Å². The molecular weight excluding hydrogens is 170 g/mol. The molecule has 1 aliphatic heterocycles. The highest BCUT2D eigenvalue weighted by Crippen LogP contribution is 2.31. The Balaban J connectivity index is 0.000000720. The van der Waals surface area contributed by atoms with E-state index in [0.717, 1.165) is 0 Å². The lowest BCUT2D eigenvalue weighted by Gasteiger charge is -2.04. The van der Waals surface area contributed by atoms with Crippen LogP contribution in [0, 0.1) is 0 Å². The van der Waals surface area contributed by atoms with Crippen molar-refractivity contribution in [2.75, 3.05) is 0 Å². The van der Waals surface area contributed by atoms with Crippen LogP contribution in [-0.4, -0.2) is 0 Å². The maximum absolute atomic E-state index is 3.48. The summed E-state index contributed by atoms with van der Waals surface area (Å²) in [5.41, 5.74) is 2.92. The number of hydrogen-bond donors (Lipinski definition) is 1. The minimum absolute atomic E-state index is 0. The van der Waals surface area contributed by atoms with Crippen LogP contribution in [-0.2, 0) is 0 Å². The largest absolute Gasteiger partial charge is 0.304 e. The van der Waals surface area contributed by atoms with Crippen LogP contribution in [0.25, 0.3) is 0 Å². The standard InChI is InChI=1S/C10H13N.ClH/c1-7-9-5-3-4-6-10(9)8(2)11-7;/h3-8,11H,1-2H3;1H/t7-,8-;/m0./s1. The van der Waals surface area contributed by atoms with Gasteiger partial charge in [-0.25, -0.2) is 0 Å². The van der Waals surface area contributed by atoms with Crippen molar-refractivity contribution in [2.24, 2.45) is 0 Å². The number of rotatable bonds is 0. The lowest BCUT2D eigenvalue weighted by atomic mass is 10.0. The first-order chi connectivity index (χ1) is 5.29. The van der Waals surface area contributed by atoms with E-state index in [9.17, 15) is 0 Å². The Labute approximate surface area is 79.6 Å². The Morgan fingerprint density at radius 2 is 1.42 bits per heavy atom. The molecule has 0 saturated heterocycles. The Kier molecular flexibility index (Phi) is 2.76. The maximum atomic E-state index is 3.48. The zero-order valence-corrected chi connectivity index (χ0v) is 8.19. The highest BCUT2D eigenvalue weighted by atomic mass is 35.5. The Morgan fingerprint density at radius 3 is 1.83 bits per heavy atom. The van der Waals surface area contributed by atoms with E-state index in [2.05, 4.69) is 43.4 Å². The lowest BCUT2D eigenvalue weighted by Crippen LogP contribution is -2.11. The highest BCUT2D eigenvalue weighted by Gasteiger charge is 2.22. The van der Waals surface area contributed by atoms with Crippen molar-refractivity contribution in [2.45, 2.75) is 25.9 Å². The molecule has 1 aliphatic rings. The first-order valence-corrected chi connectivity index (χ1v) is 4.14. The summed E-state index contributed by atoms with van der Waals surface area (Å²) in [7, 11) is 0. The van der Waals surface area contributed by atoms with Gasteiger partial charge in [-0.1, -0.05) is 24.3 Å². The first kappa shape index (κ1) is 9.56. The smallest absolute Gasteiger partial charge is 0.0300 e. The van der Waals surface area contributed by atoms with Crippen molar-refractivity contribution in [3.63, 3.8) is 0 Å². The van der Waals surface area contributed by atoms with Gasteiger partial charge in [-0.15, -0.1) is 12.4 Å². The van der Waals surface area contributed by atoms with Gasteiger partial charge in [0.15, 0.2) is 0 Å². The fourth-order valence-corrected chi connectivity index (χ4v) is 1.85.